The van der Waals surface area contributed by atoms with Crippen LogP contribution in [0.1, 0.15) is 63.8 Å². The number of fused-ring (bicyclic) bond motifs is 6. The van der Waals surface area contributed by atoms with Crippen molar-refractivity contribution in [2.24, 2.45) is 0 Å². The van der Waals surface area contributed by atoms with Crippen LogP contribution in [0.4, 0.5) is 0 Å². The zero-order valence-electron chi connectivity index (χ0n) is 29.3. The minimum absolute atomic E-state index is 0.00491. The van der Waals surface area contributed by atoms with E-state index in [1.165, 1.54) is 21.9 Å². The van der Waals surface area contributed by atoms with Gasteiger partial charge in [-0.15, -0.1) is 0 Å². The van der Waals surface area contributed by atoms with Crippen molar-refractivity contribution in [3.63, 3.8) is 0 Å². The topological polar surface area (TPSA) is 57.4 Å². The normalized spacial score (nSPS) is 12.2. The van der Waals surface area contributed by atoms with Crippen molar-refractivity contribution >= 4 is 43.6 Å². The molecule has 0 amide bonds. The first-order chi connectivity index (χ1) is 24.0. The summed E-state index contributed by atoms with van der Waals surface area (Å²) >= 11 is 0. The van der Waals surface area contributed by atoms with E-state index in [9.17, 15) is 10.5 Å². The maximum atomic E-state index is 10.5. The Morgan fingerprint density at radius 3 is 1.66 bits per heavy atom. The number of para-hydroxylation sites is 2. The lowest BCUT2D eigenvalue weighted by atomic mass is 9.85. The van der Waals surface area contributed by atoms with Crippen molar-refractivity contribution in [2.75, 3.05) is 0 Å². The summed E-state index contributed by atoms with van der Waals surface area (Å²) in [6.45, 7) is 13.6. The van der Waals surface area contributed by atoms with Gasteiger partial charge in [0.25, 0.3) is 0 Å². The highest BCUT2D eigenvalue weighted by atomic mass is 15.0. The lowest BCUT2D eigenvalue weighted by Crippen LogP contribution is -2.10. The molecule has 0 N–H and O–H groups in total. The summed E-state index contributed by atoms with van der Waals surface area (Å²) in [4.78, 5) is 0. The van der Waals surface area contributed by atoms with Gasteiger partial charge in [0.1, 0.15) is 12.1 Å². The molecule has 0 aliphatic rings. The first-order valence-corrected chi connectivity index (χ1v) is 17.2. The molecule has 0 spiro atoms. The van der Waals surface area contributed by atoms with Gasteiger partial charge in [-0.25, -0.2) is 0 Å². The number of aromatic nitrogens is 2. The Labute approximate surface area is 293 Å². The molecule has 8 aromatic rings. The van der Waals surface area contributed by atoms with Gasteiger partial charge >= 0.3 is 0 Å². The monoisotopic (exact) mass is 646 g/mol. The number of nitriles is 2. The average Bonchev–Trinajstić information content (AvgIpc) is 3.62. The molecule has 0 bridgehead atoms. The van der Waals surface area contributed by atoms with E-state index >= 15 is 0 Å². The molecule has 50 heavy (non-hydrogen) atoms. The van der Waals surface area contributed by atoms with Gasteiger partial charge in [0, 0.05) is 44.0 Å². The van der Waals surface area contributed by atoms with Gasteiger partial charge in [0.2, 0.25) is 0 Å². The Hall–Kier alpha value is -6.10. The predicted molar refractivity (Wildman–Crippen MR) is 207 cm³/mol. The molecule has 0 saturated heterocycles. The van der Waals surface area contributed by atoms with Crippen LogP contribution in [-0.2, 0) is 10.8 Å². The van der Waals surface area contributed by atoms with Crippen molar-refractivity contribution in [1.82, 2.24) is 9.13 Å². The molecule has 0 aliphatic carbocycles. The zero-order chi connectivity index (χ0) is 34.9. The third-order valence-corrected chi connectivity index (χ3v) is 10.1. The van der Waals surface area contributed by atoms with Crippen LogP contribution in [0.2, 0.25) is 0 Å². The lowest BCUT2D eigenvalue weighted by Gasteiger charge is -2.19. The molecular formula is C46H38N4. The van der Waals surface area contributed by atoms with Gasteiger partial charge in [-0.3, -0.25) is 0 Å². The molecule has 0 aliphatic heterocycles. The van der Waals surface area contributed by atoms with E-state index in [1.807, 2.05) is 18.2 Å². The first-order valence-electron chi connectivity index (χ1n) is 17.2. The van der Waals surface area contributed by atoms with Crippen molar-refractivity contribution in [3.8, 4) is 34.6 Å². The van der Waals surface area contributed by atoms with E-state index in [4.69, 9.17) is 0 Å². The molecule has 4 heteroatoms. The fraction of sp³-hybridized carbons (Fsp3) is 0.174. The van der Waals surface area contributed by atoms with Crippen LogP contribution >= 0.6 is 0 Å². The van der Waals surface area contributed by atoms with Gasteiger partial charge in [0.15, 0.2) is 0 Å². The van der Waals surface area contributed by atoms with Crippen molar-refractivity contribution in [1.29, 1.82) is 10.5 Å². The Kier molecular flexibility index (Phi) is 7.00. The molecule has 2 heterocycles. The van der Waals surface area contributed by atoms with Gasteiger partial charge in [0.05, 0.1) is 33.2 Å². The van der Waals surface area contributed by atoms with Crippen LogP contribution in [-0.4, -0.2) is 9.13 Å². The second kappa shape index (κ2) is 11.2. The highest BCUT2D eigenvalue weighted by molar-refractivity contribution is 6.16. The second-order valence-corrected chi connectivity index (χ2v) is 15.3. The molecule has 242 valence electrons. The lowest BCUT2D eigenvalue weighted by molar-refractivity contribution is 0.590. The van der Waals surface area contributed by atoms with Crippen LogP contribution in [0, 0.1) is 22.7 Å². The summed E-state index contributed by atoms with van der Waals surface area (Å²) in [7, 11) is 0. The number of hydrogen-bond acceptors (Lipinski definition) is 2. The maximum Gasteiger partial charge on any atom is 0.101 e. The van der Waals surface area contributed by atoms with E-state index < -0.39 is 0 Å². The fourth-order valence-electron chi connectivity index (χ4n) is 7.49. The summed E-state index contributed by atoms with van der Waals surface area (Å²) in [5.41, 5.74) is 11.3. The average molecular weight is 647 g/mol. The van der Waals surface area contributed by atoms with Gasteiger partial charge in [-0.1, -0.05) is 102 Å². The summed E-state index contributed by atoms with van der Waals surface area (Å²) in [6, 6.07) is 47.4. The van der Waals surface area contributed by atoms with Crippen molar-refractivity contribution in [2.45, 2.75) is 52.4 Å². The minimum Gasteiger partial charge on any atom is -0.309 e. The van der Waals surface area contributed by atoms with Gasteiger partial charge < -0.3 is 9.13 Å². The summed E-state index contributed by atoms with van der Waals surface area (Å²) < 4.78 is 4.67. The number of rotatable bonds is 3. The second-order valence-electron chi connectivity index (χ2n) is 15.3. The largest absolute Gasteiger partial charge is 0.309 e. The Balaban J connectivity index is 1.57. The zero-order valence-corrected chi connectivity index (χ0v) is 29.3. The van der Waals surface area contributed by atoms with Gasteiger partial charge in [-0.05, 0) is 82.6 Å². The Morgan fingerprint density at radius 1 is 0.460 bits per heavy atom. The predicted octanol–water partition coefficient (Wildman–Crippen LogP) is 11.9. The number of nitrogens with zero attached hydrogens (tertiary/aromatic N) is 4. The Bertz CT molecular complexity index is 2660. The smallest absolute Gasteiger partial charge is 0.101 e. The molecule has 0 atom stereocenters. The minimum atomic E-state index is -0.00491. The summed E-state index contributed by atoms with van der Waals surface area (Å²) in [5.74, 6) is 0. The number of hydrogen-bond donors (Lipinski definition) is 0. The third kappa shape index (κ3) is 4.80. The van der Waals surface area contributed by atoms with Crippen LogP contribution < -0.4 is 0 Å². The molecule has 6 aromatic carbocycles. The van der Waals surface area contributed by atoms with Crippen LogP contribution in [0.25, 0.3) is 66.1 Å². The molecule has 0 radical (unpaired) electrons. The fourth-order valence-corrected chi connectivity index (χ4v) is 7.49. The van der Waals surface area contributed by atoms with Crippen LogP contribution in [0.15, 0.2) is 121 Å². The van der Waals surface area contributed by atoms with Crippen LogP contribution in [0.3, 0.4) is 0 Å². The SMILES string of the molecule is CC(C)(C)c1ccc2c(c1)c1cc(C(C)(C)C)ccc1n2-c1cc(-c2cccc(C#N)c2C#N)c2c(c1)c1ccccc1n2-c1ccccc1. The summed E-state index contributed by atoms with van der Waals surface area (Å²) in [5, 5.41) is 25.2. The standard InChI is InChI=1S/C46H38N4/c1-45(2,3)30-19-21-42-36(23-30)37-24-31(46(4,5)6)20-22-43(37)49(42)33-25-38(34-17-12-13-29(27-47)40(34)28-48)44-39(26-33)35-16-10-11-18-41(35)50(44)32-14-8-7-9-15-32/h7-26H,1-6H3. The highest BCUT2D eigenvalue weighted by Crippen LogP contribution is 2.44. The van der Waals surface area contributed by atoms with Crippen molar-refractivity contribution in [3.05, 3.63) is 144 Å². The van der Waals surface area contributed by atoms with Crippen molar-refractivity contribution < 1.29 is 0 Å². The first kappa shape index (κ1) is 31.2. The van der Waals surface area contributed by atoms with E-state index in [0.717, 1.165) is 55.3 Å². The molecule has 2 aromatic heterocycles. The number of benzene rings is 6. The molecule has 0 saturated carbocycles. The van der Waals surface area contributed by atoms with Crippen LogP contribution in [0.5, 0.6) is 0 Å². The maximum absolute atomic E-state index is 10.5. The Morgan fingerprint density at radius 2 is 1.06 bits per heavy atom. The molecule has 4 nitrogen and oxygen atoms in total. The molecule has 0 fully saturated rings. The van der Waals surface area contributed by atoms with E-state index in [1.54, 1.807) is 6.07 Å². The molecule has 8 rings (SSSR count). The third-order valence-electron chi connectivity index (χ3n) is 10.1. The summed E-state index contributed by atoms with van der Waals surface area (Å²) in [6.07, 6.45) is 0. The van der Waals surface area contributed by atoms with Gasteiger partial charge in [-0.2, -0.15) is 10.5 Å². The van der Waals surface area contributed by atoms with E-state index in [0.29, 0.717) is 11.1 Å². The highest BCUT2D eigenvalue weighted by Gasteiger charge is 2.24. The molecule has 0 unspecified atom stereocenters. The quantitative estimate of drug-likeness (QED) is 0.192. The molecular weight excluding hydrogens is 609 g/mol. The van der Waals surface area contributed by atoms with E-state index in [-0.39, 0.29) is 10.8 Å². The van der Waals surface area contributed by atoms with E-state index in [2.05, 4.69) is 160 Å².